The van der Waals surface area contributed by atoms with Gasteiger partial charge in [-0.1, -0.05) is 0 Å². The van der Waals surface area contributed by atoms with Crippen LogP contribution in [-0.4, -0.2) is 31.9 Å². The molecule has 0 fully saturated rings. The summed E-state index contributed by atoms with van der Waals surface area (Å²) >= 11 is 0. The maximum atomic E-state index is 11.0. The van der Waals surface area contributed by atoms with Crippen molar-refractivity contribution in [2.24, 2.45) is 0 Å². The first-order valence-corrected chi connectivity index (χ1v) is 4.91. The minimum absolute atomic E-state index is 0.000597. The first-order chi connectivity index (χ1) is 7.43. The molecule has 1 atom stereocenters. The minimum atomic E-state index is -1.15. The Balaban J connectivity index is 3.06. The quantitative estimate of drug-likeness (QED) is 0.784. The molecule has 88 valence electrons. The zero-order valence-corrected chi connectivity index (χ0v) is 9.12. The van der Waals surface area contributed by atoms with Gasteiger partial charge in [0.2, 0.25) is 0 Å². The Morgan fingerprint density at radius 2 is 2.06 bits per heavy atom. The van der Waals surface area contributed by atoms with Crippen molar-refractivity contribution in [3.05, 3.63) is 18.0 Å². The normalized spacial score (nSPS) is 12.7. The summed E-state index contributed by atoms with van der Waals surface area (Å²) in [5.74, 6) is -3.34. The predicted molar refractivity (Wildman–Crippen MR) is 55.2 cm³/mol. The van der Waals surface area contributed by atoms with Gasteiger partial charge >= 0.3 is 11.9 Å². The number of rotatable bonds is 5. The van der Waals surface area contributed by atoms with Gasteiger partial charge in [-0.2, -0.15) is 5.10 Å². The summed E-state index contributed by atoms with van der Waals surface area (Å²) in [4.78, 5) is 21.6. The highest BCUT2D eigenvalue weighted by Gasteiger charge is 2.26. The molecule has 0 amide bonds. The summed E-state index contributed by atoms with van der Waals surface area (Å²) in [7, 11) is 0. The van der Waals surface area contributed by atoms with Gasteiger partial charge in [-0.25, -0.2) is 0 Å². The van der Waals surface area contributed by atoms with Crippen molar-refractivity contribution in [2.45, 2.75) is 32.2 Å². The molecule has 1 unspecified atom stereocenters. The van der Waals surface area contributed by atoms with Crippen LogP contribution in [-0.2, 0) is 9.59 Å². The topological polar surface area (TPSA) is 92.4 Å². The van der Waals surface area contributed by atoms with Crippen molar-refractivity contribution < 1.29 is 19.8 Å². The lowest BCUT2D eigenvalue weighted by atomic mass is 10.0. The molecular weight excluding hydrogens is 212 g/mol. The lowest BCUT2D eigenvalue weighted by molar-refractivity contribution is -0.145. The van der Waals surface area contributed by atoms with Gasteiger partial charge in [0.15, 0.2) is 0 Å². The highest BCUT2D eigenvalue weighted by molar-refractivity contribution is 5.82. The molecule has 1 aromatic rings. The van der Waals surface area contributed by atoms with E-state index in [0.29, 0.717) is 5.69 Å². The maximum Gasteiger partial charge on any atom is 0.313 e. The van der Waals surface area contributed by atoms with E-state index in [-0.39, 0.29) is 6.04 Å². The lowest BCUT2D eigenvalue weighted by Gasteiger charge is -2.15. The zero-order chi connectivity index (χ0) is 12.3. The highest BCUT2D eigenvalue weighted by Crippen LogP contribution is 2.22. The van der Waals surface area contributed by atoms with Gasteiger partial charge in [0.1, 0.15) is 5.92 Å². The van der Waals surface area contributed by atoms with Crippen LogP contribution in [0.25, 0.3) is 0 Å². The fraction of sp³-hybridized carbons (Fsp3) is 0.500. The summed E-state index contributed by atoms with van der Waals surface area (Å²) in [5.41, 5.74) is 0.421. The van der Waals surface area contributed by atoms with Crippen molar-refractivity contribution in [3.63, 3.8) is 0 Å². The SMILES string of the molecule is CC(C)n1nccc1C(CC(=O)O)C(=O)O. The average molecular weight is 226 g/mol. The van der Waals surface area contributed by atoms with Crippen LogP contribution in [0.15, 0.2) is 12.3 Å². The maximum absolute atomic E-state index is 11.0. The van der Waals surface area contributed by atoms with Crippen molar-refractivity contribution in [1.82, 2.24) is 9.78 Å². The van der Waals surface area contributed by atoms with E-state index in [1.807, 2.05) is 13.8 Å². The van der Waals surface area contributed by atoms with E-state index < -0.39 is 24.3 Å². The molecule has 2 N–H and O–H groups in total. The third kappa shape index (κ3) is 2.59. The van der Waals surface area contributed by atoms with E-state index >= 15 is 0 Å². The third-order valence-electron chi connectivity index (χ3n) is 2.22. The van der Waals surface area contributed by atoms with Crippen LogP contribution in [0.2, 0.25) is 0 Å². The van der Waals surface area contributed by atoms with Crippen molar-refractivity contribution >= 4 is 11.9 Å². The predicted octanol–water partition coefficient (Wildman–Crippen LogP) is 1.11. The molecule has 0 radical (unpaired) electrons. The molecule has 0 bridgehead atoms. The molecule has 6 nitrogen and oxygen atoms in total. The molecule has 6 heteroatoms. The Labute approximate surface area is 92.5 Å². The van der Waals surface area contributed by atoms with Crippen LogP contribution in [0, 0.1) is 0 Å². The van der Waals surface area contributed by atoms with Gasteiger partial charge in [-0.15, -0.1) is 0 Å². The molecule has 0 aromatic carbocycles. The molecule has 0 aliphatic heterocycles. The molecule has 1 aromatic heterocycles. The summed E-state index contributed by atoms with van der Waals surface area (Å²) in [6.07, 6.45) is 1.04. The molecule has 1 heterocycles. The second kappa shape index (κ2) is 4.78. The van der Waals surface area contributed by atoms with E-state index in [0.717, 1.165) is 0 Å². The van der Waals surface area contributed by atoms with E-state index in [2.05, 4.69) is 5.10 Å². The first kappa shape index (κ1) is 12.2. The summed E-state index contributed by atoms with van der Waals surface area (Å²) in [6, 6.07) is 1.54. The molecule has 1 rings (SSSR count). The lowest BCUT2D eigenvalue weighted by Crippen LogP contribution is -2.20. The number of aliphatic carboxylic acids is 2. The van der Waals surface area contributed by atoms with Crippen LogP contribution >= 0.6 is 0 Å². The van der Waals surface area contributed by atoms with E-state index in [4.69, 9.17) is 10.2 Å². The minimum Gasteiger partial charge on any atom is -0.481 e. The smallest absolute Gasteiger partial charge is 0.313 e. The number of hydrogen-bond acceptors (Lipinski definition) is 3. The molecule has 0 aliphatic carbocycles. The Kier molecular flexibility index (Phi) is 3.65. The molecule has 0 saturated heterocycles. The number of nitrogens with zero attached hydrogens (tertiary/aromatic N) is 2. The molecular formula is C10H14N2O4. The fourth-order valence-electron chi connectivity index (χ4n) is 1.52. The number of hydrogen-bond donors (Lipinski definition) is 2. The van der Waals surface area contributed by atoms with Crippen LogP contribution in [0.3, 0.4) is 0 Å². The summed E-state index contributed by atoms with van der Waals surface area (Å²) in [5, 5.41) is 21.7. The third-order valence-corrected chi connectivity index (χ3v) is 2.22. The molecule has 0 saturated carbocycles. The Morgan fingerprint density at radius 1 is 1.44 bits per heavy atom. The van der Waals surface area contributed by atoms with E-state index in [1.54, 1.807) is 6.07 Å². The first-order valence-electron chi connectivity index (χ1n) is 4.91. The van der Waals surface area contributed by atoms with Crippen LogP contribution in [0.1, 0.15) is 37.9 Å². The van der Waals surface area contributed by atoms with Crippen LogP contribution in [0.4, 0.5) is 0 Å². The number of carbonyl (C=O) groups is 2. The van der Waals surface area contributed by atoms with Gasteiger partial charge in [-0.3, -0.25) is 14.3 Å². The molecule has 16 heavy (non-hydrogen) atoms. The van der Waals surface area contributed by atoms with Gasteiger partial charge in [0, 0.05) is 12.2 Å². The standard InChI is InChI=1S/C10H14N2O4/c1-6(2)12-8(3-4-11-12)7(10(15)16)5-9(13)14/h3-4,6-7H,5H2,1-2H3,(H,13,14)(H,15,16). The Morgan fingerprint density at radius 3 is 2.50 bits per heavy atom. The van der Waals surface area contributed by atoms with Crippen LogP contribution < -0.4 is 0 Å². The molecule has 0 spiro atoms. The van der Waals surface area contributed by atoms with E-state index in [1.165, 1.54) is 10.9 Å². The van der Waals surface area contributed by atoms with Gasteiger partial charge < -0.3 is 10.2 Å². The Hall–Kier alpha value is -1.85. The second-order valence-corrected chi connectivity index (χ2v) is 3.78. The van der Waals surface area contributed by atoms with Crippen molar-refractivity contribution in [1.29, 1.82) is 0 Å². The second-order valence-electron chi connectivity index (χ2n) is 3.78. The van der Waals surface area contributed by atoms with Gasteiger partial charge in [0.05, 0.1) is 12.1 Å². The largest absolute Gasteiger partial charge is 0.481 e. The molecule has 0 aliphatic rings. The number of aromatic nitrogens is 2. The van der Waals surface area contributed by atoms with Gasteiger partial charge in [0.25, 0.3) is 0 Å². The van der Waals surface area contributed by atoms with E-state index in [9.17, 15) is 9.59 Å². The Bertz CT molecular complexity index is 397. The van der Waals surface area contributed by atoms with Crippen LogP contribution in [0.5, 0.6) is 0 Å². The monoisotopic (exact) mass is 226 g/mol. The highest BCUT2D eigenvalue weighted by atomic mass is 16.4. The summed E-state index contributed by atoms with van der Waals surface area (Å²) < 4.78 is 1.53. The average Bonchev–Trinajstić information content (AvgIpc) is 2.61. The fourth-order valence-corrected chi connectivity index (χ4v) is 1.52. The van der Waals surface area contributed by atoms with Crippen molar-refractivity contribution in [2.75, 3.05) is 0 Å². The summed E-state index contributed by atoms with van der Waals surface area (Å²) in [6.45, 7) is 3.71. The van der Waals surface area contributed by atoms with Gasteiger partial charge in [-0.05, 0) is 19.9 Å². The number of carboxylic acids is 2. The number of carboxylic acid groups (broad SMARTS) is 2. The zero-order valence-electron chi connectivity index (χ0n) is 9.12. The van der Waals surface area contributed by atoms with Crippen molar-refractivity contribution in [3.8, 4) is 0 Å².